The highest BCUT2D eigenvalue weighted by atomic mass is 35.5. The summed E-state index contributed by atoms with van der Waals surface area (Å²) >= 11 is 5.98. The van der Waals surface area contributed by atoms with Crippen LogP contribution < -0.4 is 10.1 Å². The summed E-state index contributed by atoms with van der Waals surface area (Å²) < 4.78 is 7.11. The Morgan fingerprint density at radius 3 is 2.48 bits per heavy atom. The largest absolute Gasteiger partial charge is 0.495 e. The number of nitrogens with one attached hydrogen (secondary N) is 1. The van der Waals surface area contributed by atoms with E-state index in [1.807, 2.05) is 41.0 Å². The van der Waals surface area contributed by atoms with E-state index in [0.29, 0.717) is 22.9 Å². The fourth-order valence-corrected chi connectivity index (χ4v) is 3.23. The Labute approximate surface area is 173 Å². The van der Waals surface area contributed by atoms with Crippen molar-refractivity contribution in [1.29, 1.82) is 0 Å². The summed E-state index contributed by atoms with van der Waals surface area (Å²) in [5.74, 6) is -0.556. The Kier molecular flexibility index (Phi) is 6.57. The molecule has 0 bridgehead atoms. The molecular formula is C22H21ClN2O4. The fraction of sp³-hybridized carbons (Fsp3) is 0.182. The van der Waals surface area contributed by atoms with Gasteiger partial charge in [-0.25, -0.2) is 0 Å². The monoisotopic (exact) mass is 412 g/mol. The Balaban J connectivity index is 1.88. The Morgan fingerprint density at radius 1 is 1.07 bits per heavy atom. The average molecular weight is 413 g/mol. The van der Waals surface area contributed by atoms with E-state index in [-0.39, 0.29) is 18.9 Å². The van der Waals surface area contributed by atoms with Crippen molar-refractivity contribution in [1.82, 2.24) is 4.57 Å². The predicted octanol–water partition coefficient (Wildman–Crippen LogP) is 4.47. The first-order valence-corrected chi connectivity index (χ1v) is 9.44. The van der Waals surface area contributed by atoms with Gasteiger partial charge >= 0.3 is 5.97 Å². The Bertz CT molecular complexity index is 1010. The van der Waals surface area contributed by atoms with Gasteiger partial charge in [0.05, 0.1) is 19.2 Å². The molecule has 0 unspecified atom stereocenters. The van der Waals surface area contributed by atoms with Gasteiger partial charge in [0.15, 0.2) is 0 Å². The molecule has 0 radical (unpaired) electrons. The van der Waals surface area contributed by atoms with E-state index in [9.17, 15) is 9.59 Å². The SMILES string of the molecule is COc1ccccc1NC(=O)Cn1c(CCC(=O)O)ccc1-c1ccc(Cl)cc1. The van der Waals surface area contributed by atoms with Crippen molar-refractivity contribution in [3.63, 3.8) is 0 Å². The highest BCUT2D eigenvalue weighted by Gasteiger charge is 2.15. The summed E-state index contributed by atoms with van der Waals surface area (Å²) in [5, 5.41) is 12.5. The maximum Gasteiger partial charge on any atom is 0.303 e. The molecule has 0 saturated heterocycles. The van der Waals surface area contributed by atoms with E-state index in [0.717, 1.165) is 17.0 Å². The molecule has 1 aromatic heterocycles. The molecule has 3 aromatic rings. The molecule has 0 aliphatic heterocycles. The van der Waals surface area contributed by atoms with Crippen LogP contribution in [-0.2, 0) is 22.6 Å². The summed E-state index contributed by atoms with van der Waals surface area (Å²) in [4.78, 5) is 23.8. The van der Waals surface area contributed by atoms with Crippen molar-refractivity contribution < 1.29 is 19.4 Å². The fourth-order valence-electron chi connectivity index (χ4n) is 3.10. The lowest BCUT2D eigenvalue weighted by molar-refractivity contribution is -0.137. The number of aryl methyl sites for hydroxylation is 1. The van der Waals surface area contributed by atoms with E-state index in [2.05, 4.69) is 5.32 Å². The third-order valence-electron chi connectivity index (χ3n) is 4.49. The number of anilines is 1. The van der Waals surface area contributed by atoms with Gasteiger partial charge in [-0.3, -0.25) is 9.59 Å². The first kappa shape index (κ1) is 20.5. The second-order valence-electron chi connectivity index (χ2n) is 6.45. The van der Waals surface area contributed by atoms with Gasteiger partial charge in [-0.2, -0.15) is 0 Å². The van der Waals surface area contributed by atoms with Gasteiger partial charge < -0.3 is 19.7 Å². The van der Waals surface area contributed by atoms with E-state index < -0.39 is 5.97 Å². The van der Waals surface area contributed by atoms with Crippen molar-refractivity contribution >= 4 is 29.2 Å². The zero-order valence-corrected chi connectivity index (χ0v) is 16.6. The number of carbonyl (C=O) groups excluding carboxylic acids is 1. The van der Waals surface area contributed by atoms with Gasteiger partial charge in [-0.1, -0.05) is 35.9 Å². The van der Waals surface area contributed by atoms with Gasteiger partial charge in [0.25, 0.3) is 0 Å². The van der Waals surface area contributed by atoms with Gasteiger partial charge in [0.2, 0.25) is 5.91 Å². The second kappa shape index (κ2) is 9.30. The number of hydrogen-bond acceptors (Lipinski definition) is 3. The number of carboxylic acids is 1. The molecule has 2 aromatic carbocycles. The van der Waals surface area contributed by atoms with Crippen molar-refractivity contribution in [3.8, 4) is 17.0 Å². The Morgan fingerprint density at radius 2 is 1.79 bits per heavy atom. The first-order valence-electron chi connectivity index (χ1n) is 9.07. The van der Waals surface area contributed by atoms with E-state index >= 15 is 0 Å². The molecule has 29 heavy (non-hydrogen) atoms. The maximum absolute atomic E-state index is 12.8. The van der Waals surface area contributed by atoms with Crippen LogP contribution in [0.2, 0.25) is 5.02 Å². The zero-order chi connectivity index (χ0) is 20.8. The number of para-hydroxylation sites is 2. The highest BCUT2D eigenvalue weighted by molar-refractivity contribution is 6.30. The number of nitrogens with zero attached hydrogens (tertiary/aromatic N) is 1. The number of hydrogen-bond donors (Lipinski definition) is 2. The smallest absolute Gasteiger partial charge is 0.303 e. The lowest BCUT2D eigenvalue weighted by Crippen LogP contribution is -2.21. The number of halogens is 1. The van der Waals surface area contributed by atoms with Crippen LogP contribution in [0.4, 0.5) is 5.69 Å². The molecule has 0 atom stereocenters. The predicted molar refractivity (Wildman–Crippen MR) is 112 cm³/mol. The standard InChI is InChI=1S/C22H21ClN2O4/c1-29-20-5-3-2-4-18(20)24-21(26)14-25-17(11-13-22(27)28)10-12-19(25)15-6-8-16(23)9-7-15/h2-10,12H,11,13-14H2,1H3,(H,24,26)(H,27,28). The molecule has 2 N–H and O–H groups in total. The second-order valence-corrected chi connectivity index (χ2v) is 6.88. The summed E-state index contributed by atoms with van der Waals surface area (Å²) in [6.07, 6.45) is 0.309. The summed E-state index contributed by atoms with van der Waals surface area (Å²) in [6, 6.07) is 18.2. The van der Waals surface area contributed by atoms with Crippen LogP contribution in [0.5, 0.6) is 5.75 Å². The molecular weight excluding hydrogens is 392 g/mol. The minimum atomic E-state index is -0.885. The number of rotatable bonds is 8. The van der Waals surface area contributed by atoms with Crippen molar-refractivity contribution in [2.24, 2.45) is 0 Å². The highest BCUT2D eigenvalue weighted by Crippen LogP contribution is 2.26. The number of carboxylic acid groups (broad SMARTS) is 1. The van der Waals surface area contributed by atoms with Crippen LogP contribution in [0.3, 0.4) is 0 Å². The topological polar surface area (TPSA) is 80.6 Å². The van der Waals surface area contributed by atoms with Crippen LogP contribution >= 0.6 is 11.6 Å². The molecule has 0 aliphatic rings. The number of amides is 1. The first-order chi connectivity index (χ1) is 14.0. The van der Waals surface area contributed by atoms with Crippen LogP contribution in [0.25, 0.3) is 11.3 Å². The van der Waals surface area contributed by atoms with Crippen LogP contribution in [0.1, 0.15) is 12.1 Å². The molecule has 0 aliphatic carbocycles. The third kappa shape index (κ3) is 5.18. The van der Waals surface area contributed by atoms with Crippen molar-refractivity contribution in [2.75, 3.05) is 12.4 Å². The van der Waals surface area contributed by atoms with E-state index in [1.165, 1.54) is 0 Å². The van der Waals surface area contributed by atoms with E-state index in [4.69, 9.17) is 21.4 Å². The van der Waals surface area contributed by atoms with Gasteiger partial charge in [-0.05, 0) is 48.4 Å². The summed E-state index contributed by atoms with van der Waals surface area (Å²) in [6.45, 7) is 0.0396. The minimum Gasteiger partial charge on any atom is -0.495 e. The Hall–Kier alpha value is -3.25. The minimum absolute atomic E-state index is 0.0157. The quantitative estimate of drug-likeness (QED) is 0.572. The average Bonchev–Trinajstić information content (AvgIpc) is 3.09. The van der Waals surface area contributed by atoms with Gasteiger partial charge in [0.1, 0.15) is 12.3 Å². The molecule has 3 rings (SSSR count). The number of ether oxygens (including phenoxy) is 1. The maximum atomic E-state index is 12.8. The number of methoxy groups -OCH3 is 1. The van der Waals surface area contributed by atoms with Gasteiger partial charge in [-0.15, -0.1) is 0 Å². The van der Waals surface area contributed by atoms with E-state index in [1.54, 1.807) is 31.4 Å². The van der Waals surface area contributed by atoms with Crippen LogP contribution in [0, 0.1) is 0 Å². The summed E-state index contributed by atoms with van der Waals surface area (Å²) in [7, 11) is 1.54. The number of aliphatic carboxylic acids is 1. The molecule has 1 amide bonds. The van der Waals surface area contributed by atoms with Crippen molar-refractivity contribution in [3.05, 3.63) is 71.4 Å². The van der Waals surface area contributed by atoms with Crippen LogP contribution in [0.15, 0.2) is 60.7 Å². The molecule has 1 heterocycles. The lowest BCUT2D eigenvalue weighted by Gasteiger charge is -2.15. The van der Waals surface area contributed by atoms with Gasteiger partial charge in [0, 0.05) is 16.4 Å². The van der Waals surface area contributed by atoms with Crippen LogP contribution in [-0.4, -0.2) is 28.7 Å². The molecule has 7 heteroatoms. The molecule has 0 fully saturated rings. The number of carbonyl (C=O) groups is 2. The molecule has 0 spiro atoms. The lowest BCUT2D eigenvalue weighted by atomic mass is 10.1. The summed E-state index contributed by atoms with van der Waals surface area (Å²) in [5.41, 5.74) is 3.05. The normalized spacial score (nSPS) is 10.6. The van der Waals surface area contributed by atoms with Crippen molar-refractivity contribution in [2.45, 2.75) is 19.4 Å². The zero-order valence-electron chi connectivity index (χ0n) is 15.9. The third-order valence-corrected chi connectivity index (χ3v) is 4.74. The molecule has 0 saturated carbocycles. The molecule has 6 nitrogen and oxygen atoms in total. The number of aromatic nitrogens is 1. The molecule has 150 valence electrons. The number of benzene rings is 2.